The third-order valence-corrected chi connectivity index (χ3v) is 7.06. The number of fused-ring (bicyclic) bond motifs is 1. The average Bonchev–Trinajstić information content (AvgIpc) is 3.56. The number of anilines is 1. The molecule has 1 atom stereocenters. The highest BCUT2D eigenvalue weighted by atomic mass is 32.2. The van der Waals surface area contributed by atoms with E-state index in [1.54, 1.807) is 18.2 Å². The molecule has 3 heterocycles. The number of hydrogen-bond acceptors (Lipinski definition) is 6. The second-order valence-electron chi connectivity index (χ2n) is 8.54. The van der Waals surface area contributed by atoms with E-state index < -0.39 is 0 Å². The number of benzene rings is 2. The van der Waals surface area contributed by atoms with Crippen LogP contribution in [0.4, 0.5) is 5.69 Å². The van der Waals surface area contributed by atoms with Gasteiger partial charge in [0.05, 0.1) is 29.4 Å². The molecule has 176 valence electrons. The van der Waals surface area contributed by atoms with Gasteiger partial charge in [0.15, 0.2) is 5.16 Å². The fourth-order valence-electron chi connectivity index (χ4n) is 4.15. The van der Waals surface area contributed by atoms with Gasteiger partial charge in [-0.15, -0.1) is 10.2 Å². The minimum atomic E-state index is -0.390. The van der Waals surface area contributed by atoms with Crippen molar-refractivity contribution in [3.8, 4) is 0 Å². The first-order valence-electron chi connectivity index (χ1n) is 11.4. The number of rotatable bonds is 8. The molecule has 5 rings (SSSR count). The van der Waals surface area contributed by atoms with Gasteiger partial charge in [-0.1, -0.05) is 42.1 Å². The lowest BCUT2D eigenvalue weighted by molar-refractivity contribution is -0.115. The molecular weight excluding hydrogens is 450 g/mol. The summed E-state index contributed by atoms with van der Waals surface area (Å²) in [6.07, 6.45) is 2.43. The fraction of sp³-hybridized carbons (Fsp3) is 0.333. The third kappa shape index (κ3) is 5.07. The van der Waals surface area contributed by atoms with E-state index >= 15 is 0 Å². The summed E-state index contributed by atoms with van der Waals surface area (Å²) in [6.45, 7) is 5.44. The van der Waals surface area contributed by atoms with Crippen LogP contribution in [0.25, 0.3) is 11.0 Å². The average molecular weight is 478 g/mol. The molecule has 4 aromatic rings. The first-order valence-corrected chi connectivity index (χ1v) is 12.3. The van der Waals surface area contributed by atoms with Crippen molar-refractivity contribution in [1.82, 2.24) is 29.6 Å². The Balaban J connectivity index is 1.32. The maximum atomic E-state index is 12.9. The zero-order valence-electron chi connectivity index (χ0n) is 19.0. The van der Waals surface area contributed by atoms with Crippen LogP contribution in [0.1, 0.15) is 31.2 Å². The number of nitrogens with one attached hydrogen (secondary N) is 3. The molecule has 9 nitrogen and oxygen atoms in total. The summed E-state index contributed by atoms with van der Waals surface area (Å²) in [4.78, 5) is 32.2. The molecule has 3 N–H and O–H groups in total. The quantitative estimate of drug-likeness (QED) is 0.336. The highest BCUT2D eigenvalue weighted by molar-refractivity contribution is 8.00. The van der Waals surface area contributed by atoms with E-state index in [0.29, 0.717) is 23.3 Å². The highest BCUT2D eigenvalue weighted by Gasteiger charge is 2.22. The number of H-pyrrole nitrogens is 2. The molecule has 2 aromatic carbocycles. The first-order chi connectivity index (χ1) is 16.5. The molecule has 2 aromatic heterocycles. The van der Waals surface area contributed by atoms with Crippen molar-refractivity contribution < 1.29 is 4.79 Å². The Bertz CT molecular complexity index is 1340. The maximum Gasteiger partial charge on any atom is 0.323 e. The summed E-state index contributed by atoms with van der Waals surface area (Å²) < 4.78 is 2.12. The van der Waals surface area contributed by atoms with Gasteiger partial charge in [0, 0.05) is 5.69 Å². The van der Waals surface area contributed by atoms with Gasteiger partial charge in [-0.25, -0.2) is 4.79 Å². The van der Waals surface area contributed by atoms with Crippen LogP contribution in [0.3, 0.4) is 0 Å². The Morgan fingerprint density at radius 3 is 2.62 bits per heavy atom. The summed E-state index contributed by atoms with van der Waals surface area (Å²) >= 11 is 1.40. The molecule has 0 spiro atoms. The molecule has 34 heavy (non-hydrogen) atoms. The summed E-state index contributed by atoms with van der Waals surface area (Å²) in [5.41, 5.74) is 2.87. The second-order valence-corrected chi connectivity index (χ2v) is 9.85. The van der Waals surface area contributed by atoms with Gasteiger partial charge in [0.25, 0.3) is 0 Å². The largest absolute Gasteiger partial charge is 0.325 e. The minimum absolute atomic E-state index is 0.141. The van der Waals surface area contributed by atoms with Crippen molar-refractivity contribution >= 4 is 34.4 Å². The standard InChI is InChI=1S/C24H27N7O2S/c1-16(22(32)25-18-9-10-19-20(13-18)27-23(33)26-19)34-24-29-28-21(15-30-11-5-6-12-30)31(24)14-17-7-3-2-4-8-17/h2-4,7-10,13,16H,5-6,11-12,14-15H2,1H3,(H,25,32)(H2,26,27,33). The maximum absolute atomic E-state index is 12.9. The van der Waals surface area contributed by atoms with Gasteiger partial charge in [-0.3, -0.25) is 9.69 Å². The van der Waals surface area contributed by atoms with E-state index in [-0.39, 0.29) is 16.8 Å². The SMILES string of the molecule is CC(Sc1nnc(CN2CCCC2)n1Cc1ccccc1)C(=O)Nc1ccc2[nH]c(=O)[nH]c2c1. The Kier molecular flexibility index (Phi) is 6.50. The number of aromatic nitrogens is 5. The summed E-state index contributed by atoms with van der Waals surface area (Å²) in [7, 11) is 0. The molecule has 1 saturated heterocycles. The molecule has 0 bridgehead atoms. The van der Waals surface area contributed by atoms with E-state index in [0.717, 1.165) is 36.2 Å². The molecule has 1 aliphatic heterocycles. The minimum Gasteiger partial charge on any atom is -0.325 e. The predicted molar refractivity (Wildman–Crippen MR) is 133 cm³/mol. The predicted octanol–water partition coefficient (Wildman–Crippen LogP) is 3.21. The van der Waals surface area contributed by atoms with E-state index in [4.69, 9.17) is 0 Å². The number of carbonyl (C=O) groups is 1. The van der Waals surface area contributed by atoms with Crippen molar-refractivity contribution in [3.63, 3.8) is 0 Å². The van der Waals surface area contributed by atoms with Gasteiger partial charge >= 0.3 is 5.69 Å². The van der Waals surface area contributed by atoms with Gasteiger partial charge in [0.2, 0.25) is 5.91 Å². The zero-order valence-corrected chi connectivity index (χ0v) is 19.8. The number of likely N-dealkylation sites (tertiary alicyclic amines) is 1. The molecule has 1 aliphatic rings. The van der Waals surface area contributed by atoms with Crippen molar-refractivity contribution in [1.29, 1.82) is 0 Å². The lowest BCUT2D eigenvalue weighted by Crippen LogP contribution is -2.24. The number of carbonyl (C=O) groups excluding carboxylic acids is 1. The zero-order chi connectivity index (χ0) is 23.5. The molecular formula is C24H27N7O2S. The fourth-order valence-corrected chi connectivity index (χ4v) is 5.02. The molecule has 0 radical (unpaired) electrons. The summed E-state index contributed by atoms with van der Waals surface area (Å²) in [5.74, 6) is 0.778. The molecule has 1 unspecified atom stereocenters. The summed E-state index contributed by atoms with van der Waals surface area (Å²) in [5, 5.41) is 12.2. The Labute approximate surface area is 201 Å². The Morgan fingerprint density at radius 2 is 1.82 bits per heavy atom. The van der Waals surface area contributed by atoms with Crippen molar-refractivity contribution in [3.05, 3.63) is 70.4 Å². The van der Waals surface area contributed by atoms with Crippen LogP contribution >= 0.6 is 11.8 Å². The van der Waals surface area contributed by atoms with Crippen LogP contribution in [0.5, 0.6) is 0 Å². The van der Waals surface area contributed by atoms with Crippen molar-refractivity contribution in [2.45, 2.75) is 43.3 Å². The van der Waals surface area contributed by atoms with E-state index in [1.165, 1.54) is 24.6 Å². The van der Waals surface area contributed by atoms with Gasteiger partial charge in [-0.05, 0) is 56.6 Å². The highest BCUT2D eigenvalue weighted by Crippen LogP contribution is 2.26. The number of hydrogen-bond donors (Lipinski definition) is 3. The molecule has 0 saturated carbocycles. The Hall–Kier alpha value is -3.37. The van der Waals surface area contributed by atoms with E-state index in [1.807, 2.05) is 25.1 Å². The van der Waals surface area contributed by atoms with Crippen LogP contribution in [-0.4, -0.2) is 53.9 Å². The van der Waals surface area contributed by atoms with Crippen molar-refractivity contribution in [2.75, 3.05) is 18.4 Å². The van der Waals surface area contributed by atoms with Crippen LogP contribution in [0.2, 0.25) is 0 Å². The monoisotopic (exact) mass is 477 g/mol. The topological polar surface area (TPSA) is 112 Å². The Morgan fingerprint density at radius 1 is 1.06 bits per heavy atom. The van der Waals surface area contributed by atoms with Crippen LogP contribution in [0.15, 0.2) is 58.5 Å². The van der Waals surface area contributed by atoms with E-state index in [2.05, 4.69) is 47.1 Å². The molecule has 1 fully saturated rings. The smallest absolute Gasteiger partial charge is 0.323 e. The van der Waals surface area contributed by atoms with Gasteiger partial charge in [-0.2, -0.15) is 0 Å². The number of amides is 1. The number of thioether (sulfide) groups is 1. The van der Waals surface area contributed by atoms with Crippen LogP contribution in [0, 0.1) is 0 Å². The van der Waals surface area contributed by atoms with Crippen molar-refractivity contribution in [2.24, 2.45) is 0 Å². The second kappa shape index (κ2) is 9.86. The molecule has 0 aliphatic carbocycles. The summed E-state index contributed by atoms with van der Waals surface area (Å²) in [6, 6.07) is 15.5. The first kappa shape index (κ1) is 22.4. The number of nitrogens with zero attached hydrogens (tertiary/aromatic N) is 4. The number of imidazole rings is 1. The van der Waals surface area contributed by atoms with Gasteiger partial charge in [0.1, 0.15) is 5.82 Å². The molecule has 1 amide bonds. The molecule has 10 heteroatoms. The number of aromatic amines is 2. The third-order valence-electron chi connectivity index (χ3n) is 5.98. The van der Waals surface area contributed by atoms with E-state index in [9.17, 15) is 9.59 Å². The normalized spacial score (nSPS) is 15.1. The van der Waals surface area contributed by atoms with Gasteiger partial charge < -0.3 is 19.9 Å². The van der Waals surface area contributed by atoms with Crippen LogP contribution in [-0.2, 0) is 17.9 Å². The van der Waals surface area contributed by atoms with Crippen LogP contribution < -0.4 is 11.0 Å². The lowest BCUT2D eigenvalue weighted by atomic mass is 10.2. The lowest BCUT2D eigenvalue weighted by Gasteiger charge is -2.17.